The van der Waals surface area contributed by atoms with E-state index in [1.54, 1.807) is 6.07 Å². The molecule has 0 saturated heterocycles. The maximum atomic E-state index is 12.8. The van der Waals surface area contributed by atoms with Crippen LogP contribution in [0.25, 0.3) is 0 Å². The topological polar surface area (TPSA) is 29.3 Å². The molecule has 1 aliphatic carbocycles. The summed E-state index contributed by atoms with van der Waals surface area (Å²) in [5, 5.41) is 0. The van der Waals surface area contributed by atoms with Crippen LogP contribution < -0.4 is 5.73 Å². The number of halogens is 3. The van der Waals surface area contributed by atoms with Gasteiger partial charge in [-0.05, 0) is 50.9 Å². The predicted octanol–water partition coefficient (Wildman–Crippen LogP) is 3.23. The Morgan fingerprint density at radius 2 is 1.90 bits per heavy atom. The molecule has 20 heavy (non-hydrogen) atoms. The Bertz CT molecular complexity index is 457. The van der Waals surface area contributed by atoms with Crippen molar-refractivity contribution in [3.8, 4) is 0 Å². The van der Waals surface area contributed by atoms with Gasteiger partial charge in [0.2, 0.25) is 0 Å². The van der Waals surface area contributed by atoms with Crippen LogP contribution in [0.5, 0.6) is 0 Å². The first-order chi connectivity index (χ1) is 9.29. The molecule has 5 heteroatoms. The summed E-state index contributed by atoms with van der Waals surface area (Å²) in [4.78, 5) is 2.07. The number of alkyl halides is 3. The highest BCUT2D eigenvalue weighted by molar-refractivity contribution is 5.29. The molecule has 0 amide bonds. The SMILES string of the molecule is CN(C)C1CC(c2cccc(C(F)(F)F)c2)CCC1N. The first kappa shape index (κ1) is 15.3. The van der Waals surface area contributed by atoms with Gasteiger partial charge in [0.25, 0.3) is 0 Å². The monoisotopic (exact) mass is 286 g/mol. The first-order valence-corrected chi connectivity index (χ1v) is 6.88. The first-order valence-electron chi connectivity index (χ1n) is 6.88. The Hall–Kier alpha value is -1.07. The highest BCUT2D eigenvalue weighted by Gasteiger charge is 2.33. The normalized spacial score (nSPS) is 27.9. The number of benzene rings is 1. The van der Waals surface area contributed by atoms with E-state index in [0.29, 0.717) is 0 Å². The Balaban J connectivity index is 2.20. The average Bonchev–Trinajstić information content (AvgIpc) is 2.38. The lowest BCUT2D eigenvalue weighted by molar-refractivity contribution is -0.137. The standard InChI is InChI=1S/C15H21F3N2/c1-20(2)14-9-11(6-7-13(14)19)10-4-3-5-12(8-10)15(16,17)18/h3-5,8,11,13-14H,6-7,9,19H2,1-2H3. The molecule has 0 aliphatic heterocycles. The van der Waals surface area contributed by atoms with Gasteiger partial charge in [-0.1, -0.05) is 18.2 Å². The largest absolute Gasteiger partial charge is 0.416 e. The molecule has 1 saturated carbocycles. The smallest absolute Gasteiger partial charge is 0.326 e. The van der Waals surface area contributed by atoms with Gasteiger partial charge < -0.3 is 10.6 Å². The van der Waals surface area contributed by atoms with Gasteiger partial charge in [-0.3, -0.25) is 0 Å². The van der Waals surface area contributed by atoms with E-state index in [4.69, 9.17) is 5.73 Å². The van der Waals surface area contributed by atoms with Crippen LogP contribution in [0.15, 0.2) is 24.3 Å². The van der Waals surface area contributed by atoms with Crippen molar-refractivity contribution in [2.45, 2.75) is 43.4 Å². The Morgan fingerprint density at radius 1 is 1.20 bits per heavy atom. The molecule has 3 unspecified atom stereocenters. The Kier molecular flexibility index (Phi) is 4.39. The second-order valence-corrected chi connectivity index (χ2v) is 5.83. The minimum absolute atomic E-state index is 0.104. The lowest BCUT2D eigenvalue weighted by Gasteiger charge is -2.38. The second kappa shape index (κ2) is 5.74. The summed E-state index contributed by atoms with van der Waals surface area (Å²) < 4.78 is 38.3. The lowest BCUT2D eigenvalue weighted by atomic mass is 9.78. The lowest BCUT2D eigenvalue weighted by Crippen LogP contribution is -2.47. The number of likely N-dealkylation sites (N-methyl/N-ethyl adjacent to an activating group) is 1. The Morgan fingerprint density at radius 3 is 2.50 bits per heavy atom. The number of rotatable bonds is 2. The van der Waals surface area contributed by atoms with Crippen LogP contribution in [0.1, 0.15) is 36.3 Å². The molecule has 0 heterocycles. The summed E-state index contributed by atoms with van der Waals surface area (Å²) in [5.41, 5.74) is 6.31. The maximum Gasteiger partial charge on any atom is 0.416 e. The van der Waals surface area contributed by atoms with Crippen molar-refractivity contribution in [2.24, 2.45) is 5.73 Å². The van der Waals surface area contributed by atoms with E-state index in [-0.39, 0.29) is 18.0 Å². The van der Waals surface area contributed by atoms with Crippen LogP contribution >= 0.6 is 0 Å². The molecule has 0 bridgehead atoms. The number of hydrogen-bond donors (Lipinski definition) is 1. The molecule has 112 valence electrons. The van der Waals surface area contributed by atoms with Gasteiger partial charge in [0.15, 0.2) is 0 Å². The van der Waals surface area contributed by atoms with Crippen molar-refractivity contribution < 1.29 is 13.2 Å². The Labute approximate surface area is 117 Å². The average molecular weight is 286 g/mol. The minimum atomic E-state index is -4.28. The molecule has 1 fully saturated rings. The highest BCUT2D eigenvalue weighted by Crippen LogP contribution is 2.37. The summed E-state index contributed by atoms with van der Waals surface area (Å²) in [6, 6.07) is 6.03. The van der Waals surface area contributed by atoms with Crippen molar-refractivity contribution in [2.75, 3.05) is 14.1 Å². The molecule has 0 aromatic heterocycles. The fourth-order valence-electron chi connectivity index (χ4n) is 3.04. The van der Waals surface area contributed by atoms with E-state index < -0.39 is 11.7 Å². The maximum absolute atomic E-state index is 12.8. The van der Waals surface area contributed by atoms with Crippen LogP contribution in [0.4, 0.5) is 13.2 Å². The summed E-state index contributed by atoms with van der Waals surface area (Å²) in [6.45, 7) is 0. The van der Waals surface area contributed by atoms with E-state index in [9.17, 15) is 13.2 Å². The van der Waals surface area contributed by atoms with E-state index in [1.165, 1.54) is 12.1 Å². The molecular formula is C15H21F3N2. The summed E-state index contributed by atoms with van der Waals surface area (Å²) in [7, 11) is 3.94. The van der Waals surface area contributed by atoms with Crippen LogP contribution in [-0.2, 0) is 6.18 Å². The quantitative estimate of drug-likeness (QED) is 0.904. The molecule has 2 rings (SSSR count). The third-order valence-electron chi connectivity index (χ3n) is 4.22. The zero-order chi connectivity index (χ0) is 14.9. The van der Waals surface area contributed by atoms with E-state index in [0.717, 1.165) is 30.9 Å². The zero-order valence-corrected chi connectivity index (χ0v) is 11.8. The molecule has 1 aliphatic rings. The van der Waals surface area contributed by atoms with Crippen LogP contribution in [0, 0.1) is 0 Å². The molecule has 1 aromatic rings. The van der Waals surface area contributed by atoms with Crippen molar-refractivity contribution >= 4 is 0 Å². The van der Waals surface area contributed by atoms with Gasteiger partial charge in [-0.15, -0.1) is 0 Å². The van der Waals surface area contributed by atoms with Gasteiger partial charge in [0.1, 0.15) is 0 Å². The highest BCUT2D eigenvalue weighted by atomic mass is 19.4. The second-order valence-electron chi connectivity index (χ2n) is 5.83. The van der Waals surface area contributed by atoms with Crippen LogP contribution in [0.3, 0.4) is 0 Å². The number of hydrogen-bond acceptors (Lipinski definition) is 2. The number of nitrogens with two attached hydrogens (primary N) is 1. The molecular weight excluding hydrogens is 265 g/mol. The fraction of sp³-hybridized carbons (Fsp3) is 0.600. The van der Waals surface area contributed by atoms with Crippen LogP contribution in [-0.4, -0.2) is 31.1 Å². The van der Waals surface area contributed by atoms with E-state index >= 15 is 0 Å². The summed E-state index contributed by atoms with van der Waals surface area (Å²) in [6.07, 6.45) is -1.76. The van der Waals surface area contributed by atoms with E-state index in [2.05, 4.69) is 4.90 Å². The van der Waals surface area contributed by atoms with Gasteiger partial charge >= 0.3 is 6.18 Å². The third kappa shape index (κ3) is 3.33. The zero-order valence-electron chi connectivity index (χ0n) is 11.8. The summed E-state index contributed by atoms with van der Waals surface area (Å²) >= 11 is 0. The summed E-state index contributed by atoms with van der Waals surface area (Å²) in [5.74, 6) is 0.157. The molecule has 3 atom stereocenters. The molecule has 2 N–H and O–H groups in total. The molecule has 2 nitrogen and oxygen atoms in total. The van der Waals surface area contributed by atoms with Gasteiger partial charge in [0, 0.05) is 12.1 Å². The third-order valence-corrected chi connectivity index (χ3v) is 4.22. The van der Waals surface area contributed by atoms with Crippen molar-refractivity contribution in [3.63, 3.8) is 0 Å². The molecule has 1 aromatic carbocycles. The number of nitrogens with zero attached hydrogens (tertiary/aromatic N) is 1. The van der Waals surface area contributed by atoms with Gasteiger partial charge in [-0.2, -0.15) is 13.2 Å². The molecule has 0 radical (unpaired) electrons. The van der Waals surface area contributed by atoms with Gasteiger partial charge in [-0.25, -0.2) is 0 Å². The van der Waals surface area contributed by atoms with Crippen molar-refractivity contribution in [1.29, 1.82) is 0 Å². The van der Waals surface area contributed by atoms with Gasteiger partial charge in [0.05, 0.1) is 5.56 Å². The van der Waals surface area contributed by atoms with E-state index in [1.807, 2.05) is 14.1 Å². The minimum Gasteiger partial charge on any atom is -0.326 e. The van der Waals surface area contributed by atoms with Crippen molar-refractivity contribution in [1.82, 2.24) is 4.90 Å². The van der Waals surface area contributed by atoms with Crippen LogP contribution in [0.2, 0.25) is 0 Å². The molecule has 0 spiro atoms. The van der Waals surface area contributed by atoms with Crippen molar-refractivity contribution in [3.05, 3.63) is 35.4 Å². The fourth-order valence-corrected chi connectivity index (χ4v) is 3.04. The predicted molar refractivity (Wildman–Crippen MR) is 73.5 cm³/mol.